The molecule has 0 N–H and O–H groups in total. The van der Waals surface area contributed by atoms with Gasteiger partial charge in [0.1, 0.15) is 0 Å². The number of amides is 1. The second-order valence-corrected chi connectivity index (χ2v) is 7.33. The van der Waals surface area contributed by atoms with E-state index in [1.165, 1.54) is 4.90 Å². The molecule has 0 aliphatic rings. The van der Waals surface area contributed by atoms with Crippen LogP contribution in [0.1, 0.15) is 42.6 Å². The molecule has 0 aromatic carbocycles. The zero-order valence-corrected chi connectivity index (χ0v) is 15.8. The summed E-state index contributed by atoms with van der Waals surface area (Å²) < 4.78 is 7.02. The van der Waals surface area contributed by atoms with Crippen molar-refractivity contribution >= 4 is 5.91 Å². The van der Waals surface area contributed by atoms with Gasteiger partial charge in [0, 0.05) is 31.3 Å². The first-order valence-electron chi connectivity index (χ1n) is 8.25. The summed E-state index contributed by atoms with van der Waals surface area (Å²) in [4.78, 5) is 22.6. The summed E-state index contributed by atoms with van der Waals surface area (Å²) in [6.07, 6.45) is 3.20. The van der Waals surface area contributed by atoms with Gasteiger partial charge in [-0.3, -0.25) is 4.79 Å². The van der Waals surface area contributed by atoms with E-state index in [9.17, 15) is 4.79 Å². The maximum atomic E-state index is 12.2. The van der Waals surface area contributed by atoms with Crippen LogP contribution in [0.3, 0.4) is 0 Å². The Morgan fingerprint density at radius 3 is 2.62 bits per heavy atom. The maximum Gasteiger partial charge on any atom is 0.258 e. The third-order valence-corrected chi connectivity index (χ3v) is 3.95. The highest BCUT2D eigenvalue weighted by atomic mass is 16.5. The number of carbonyl (C=O) groups excluding carboxylic acids is 1. The maximum absolute atomic E-state index is 12.2. The van der Waals surface area contributed by atoms with Crippen LogP contribution in [-0.2, 0) is 5.41 Å². The first-order chi connectivity index (χ1) is 12.2. The van der Waals surface area contributed by atoms with Gasteiger partial charge in [0.2, 0.25) is 0 Å². The van der Waals surface area contributed by atoms with E-state index in [1.54, 1.807) is 37.2 Å². The molecule has 0 atom stereocenters. The zero-order valence-electron chi connectivity index (χ0n) is 15.8. The monoisotopic (exact) mass is 354 g/mol. The lowest BCUT2D eigenvalue weighted by Gasteiger charge is -2.11. The van der Waals surface area contributed by atoms with Crippen molar-refractivity contribution in [1.82, 2.24) is 29.8 Å². The van der Waals surface area contributed by atoms with E-state index in [0.29, 0.717) is 28.8 Å². The fourth-order valence-corrected chi connectivity index (χ4v) is 2.40. The average molecular weight is 354 g/mol. The highest BCUT2D eigenvalue weighted by Gasteiger charge is 2.22. The molecular weight excluding hydrogens is 332 g/mol. The van der Waals surface area contributed by atoms with Crippen molar-refractivity contribution in [3.8, 4) is 17.3 Å². The Balaban J connectivity index is 1.98. The molecule has 1 amide bonds. The van der Waals surface area contributed by atoms with Crippen LogP contribution in [0.4, 0.5) is 0 Å². The lowest BCUT2D eigenvalue weighted by Crippen LogP contribution is -2.22. The summed E-state index contributed by atoms with van der Waals surface area (Å²) in [5.74, 6) is 1.54. The third-order valence-electron chi connectivity index (χ3n) is 3.95. The standard InChI is InChI=1S/C18H22N6O2/c1-11-13(16(25)23(5)6)10-20-24(11)14-9-12(7-8-19-14)15-21-17(22-26-15)18(2,3)4/h7-10H,1-6H3. The molecule has 0 radical (unpaired) electrons. The van der Waals surface area contributed by atoms with Crippen LogP contribution in [-0.4, -0.2) is 49.8 Å². The lowest BCUT2D eigenvalue weighted by atomic mass is 9.96. The Bertz CT molecular complexity index is 949. The highest BCUT2D eigenvalue weighted by molar-refractivity contribution is 5.94. The van der Waals surface area contributed by atoms with Gasteiger partial charge in [-0.1, -0.05) is 25.9 Å². The van der Waals surface area contributed by atoms with Crippen LogP contribution in [0.5, 0.6) is 0 Å². The van der Waals surface area contributed by atoms with Crippen LogP contribution in [0.2, 0.25) is 0 Å². The SMILES string of the molecule is Cc1c(C(=O)N(C)C)cnn1-c1cc(-c2nc(C(C)(C)C)no2)ccn1. The number of aromatic nitrogens is 5. The molecule has 8 nitrogen and oxygen atoms in total. The fourth-order valence-electron chi connectivity index (χ4n) is 2.40. The first kappa shape index (κ1) is 17.8. The summed E-state index contributed by atoms with van der Waals surface area (Å²) in [5.41, 5.74) is 1.80. The van der Waals surface area contributed by atoms with E-state index in [2.05, 4.69) is 20.2 Å². The van der Waals surface area contributed by atoms with E-state index < -0.39 is 0 Å². The zero-order chi connectivity index (χ0) is 19.1. The van der Waals surface area contributed by atoms with Crippen molar-refractivity contribution in [3.05, 3.63) is 41.6 Å². The van der Waals surface area contributed by atoms with Crippen LogP contribution in [0.25, 0.3) is 17.3 Å². The Kier molecular flexibility index (Phi) is 4.35. The van der Waals surface area contributed by atoms with E-state index in [1.807, 2.05) is 33.8 Å². The van der Waals surface area contributed by atoms with Crippen molar-refractivity contribution in [3.63, 3.8) is 0 Å². The molecule has 0 spiro atoms. The number of hydrogen-bond donors (Lipinski definition) is 0. The molecule has 136 valence electrons. The molecule has 0 aliphatic heterocycles. The predicted molar refractivity (Wildman–Crippen MR) is 96.1 cm³/mol. The largest absolute Gasteiger partial charge is 0.345 e. The quantitative estimate of drug-likeness (QED) is 0.718. The smallest absolute Gasteiger partial charge is 0.258 e. The molecule has 0 fully saturated rings. The van der Waals surface area contributed by atoms with E-state index >= 15 is 0 Å². The number of carbonyl (C=O) groups is 1. The number of pyridine rings is 1. The predicted octanol–water partition coefficient (Wildman–Crippen LogP) is 2.63. The van der Waals surface area contributed by atoms with Gasteiger partial charge in [-0.25, -0.2) is 9.67 Å². The second-order valence-electron chi connectivity index (χ2n) is 7.33. The van der Waals surface area contributed by atoms with Crippen LogP contribution in [0, 0.1) is 6.92 Å². The molecule has 0 bridgehead atoms. The van der Waals surface area contributed by atoms with Gasteiger partial charge in [0.15, 0.2) is 11.6 Å². The molecule has 3 aromatic heterocycles. The van der Waals surface area contributed by atoms with Gasteiger partial charge in [-0.15, -0.1) is 0 Å². The molecule has 0 unspecified atom stereocenters. The van der Waals surface area contributed by atoms with Crippen LogP contribution in [0.15, 0.2) is 29.0 Å². The van der Waals surface area contributed by atoms with Crippen molar-refractivity contribution < 1.29 is 9.32 Å². The third kappa shape index (κ3) is 3.22. The van der Waals surface area contributed by atoms with E-state index in [4.69, 9.17) is 4.52 Å². The second kappa shape index (κ2) is 6.36. The van der Waals surface area contributed by atoms with Crippen molar-refractivity contribution in [2.75, 3.05) is 14.1 Å². The Morgan fingerprint density at radius 1 is 1.27 bits per heavy atom. The molecule has 0 aliphatic carbocycles. The molecule has 0 saturated carbocycles. The van der Waals surface area contributed by atoms with Gasteiger partial charge in [-0.2, -0.15) is 10.1 Å². The first-order valence-corrected chi connectivity index (χ1v) is 8.25. The molecule has 26 heavy (non-hydrogen) atoms. The van der Waals surface area contributed by atoms with Gasteiger partial charge >= 0.3 is 0 Å². The van der Waals surface area contributed by atoms with Gasteiger partial charge < -0.3 is 9.42 Å². The fraction of sp³-hybridized carbons (Fsp3) is 0.389. The van der Waals surface area contributed by atoms with Gasteiger partial charge in [-0.05, 0) is 19.1 Å². The Morgan fingerprint density at radius 2 is 2.00 bits per heavy atom. The minimum atomic E-state index is -0.197. The lowest BCUT2D eigenvalue weighted by molar-refractivity contribution is 0.0827. The minimum absolute atomic E-state index is 0.100. The molecule has 3 heterocycles. The Hall–Kier alpha value is -3.03. The van der Waals surface area contributed by atoms with Crippen molar-refractivity contribution in [1.29, 1.82) is 0 Å². The molecule has 3 rings (SSSR count). The number of hydrogen-bond acceptors (Lipinski definition) is 6. The van der Waals surface area contributed by atoms with Crippen LogP contribution >= 0.6 is 0 Å². The van der Waals surface area contributed by atoms with Gasteiger partial charge in [0.05, 0.1) is 17.5 Å². The minimum Gasteiger partial charge on any atom is -0.345 e. The van der Waals surface area contributed by atoms with Gasteiger partial charge in [0.25, 0.3) is 11.8 Å². The summed E-state index contributed by atoms with van der Waals surface area (Å²) >= 11 is 0. The highest BCUT2D eigenvalue weighted by Crippen LogP contribution is 2.24. The molecular formula is C18H22N6O2. The molecule has 3 aromatic rings. The van der Waals surface area contributed by atoms with E-state index in [0.717, 1.165) is 5.56 Å². The summed E-state index contributed by atoms with van der Waals surface area (Å²) in [6, 6.07) is 3.61. The van der Waals surface area contributed by atoms with Crippen molar-refractivity contribution in [2.24, 2.45) is 0 Å². The summed E-state index contributed by atoms with van der Waals surface area (Å²) in [7, 11) is 3.42. The normalized spacial score (nSPS) is 11.6. The summed E-state index contributed by atoms with van der Waals surface area (Å²) in [5, 5.41) is 8.36. The van der Waals surface area contributed by atoms with E-state index in [-0.39, 0.29) is 11.3 Å². The Labute approximate surface area is 151 Å². The molecule has 0 saturated heterocycles. The van der Waals surface area contributed by atoms with Crippen molar-refractivity contribution in [2.45, 2.75) is 33.1 Å². The average Bonchev–Trinajstić information content (AvgIpc) is 3.21. The number of rotatable bonds is 3. The van der Waals surface area contributed by atoms with Crippen LogP contribution < -0.4 is 0 Å². The topological polar surface area (TPSA) is 89.9 Å². The molecule has 8 heteroatoms. The summed E-state index contributed by atoms with van der Waals surface area (Å²) in [6.45, 7) is 7.91. The number of nitrogens with zero attached hydrogens (tertiary/aromatic N) is 6.